The van der Waals surface area contributed by atoms with Gasteiger partial charge in [0.25, 0.3) is 6.43 Å². The lowest BCUT2D eigenvalue weighted by molar-refractivity contribution is 0.121. The Morgan fingerprint density at radius 2 is 2.22 bits per heavy atom. The van der Waals surface area contributed by atoms with E-state index in [0.717, 1.165) is 4.68 Å². The van der Waals surface area contributed by atoms with Gasteiger partial charge >= 0.3 is 0 Å². The minimum atomic E-state index is -2.54. The summed E-state index contributed by atoms with van der Waals surface area (Å²) in [6.07, 6.45) is -2.54. The van der Waals surface area contributed by atoms with Crippen molar-refractivity contribution in [2.45, 2.75) is 13.0 Å². The Morgan fingerprint density at radius 3 is 2.89 bits per heavy atom. The van der Waals surface area contributed by atoms with Crippen LogP contribution >= 0.6 is 0 Å². The third-order valence-corrected chi connectivity index (χ3v) is 2.33. The zero-order valence-corrected chi connectivity index (χ0v) is 9.55. The standard InChI is InChI=1S/C10H11F2N5O/c1-18-9-6(3-2-4-7(9)13)10-14-15-16-17(10)5-8(11)12/h2-4,8H,5,13H2,1H3. The van der Waals surface area contributed by atoms with E-state index in [1.54, 1.807) is 18.2 Å². The maximum Gasteiger partial charge on any atom is 0.258 e. The Bertz CT molecular complexity index is 543. The van der Waals surface area contributed by atoms with Gasteiger partial charge in [0.2, 0.25) is 0 Å². The number of alkyl halides is 2. The fourth-order valence-electron chi connectivity index (χ4n) is 1.61. The summed E-state index contributed by atoms with van der Waals surface area (Å²) in [6, 6.07) is 4.97. The number of nitrogens with zero attached hydrogens (tertiary/aromatic N) is 4. The Labute approximate surface area is 101 Å². The average Bonchev–Trinajstić information content (AvgIpc) is 2.75. The lowest BCUT2D eigenvalue weighted by Crippen LogP contribution is -2.10. The second-order valence-corrected chi connectivity index (χ2v) is 3.50. The lowest BCUT2D eigenvalue weighted by atomic mass is 10.1. The van der Waals surface area contributed by atoms with Crippen LogP contribution in [0.15, 0.2) is 18.2 Å². The second kappa shape index (κ2) is 4.94. The Balaban J connectivity index is 2.49. The minimum absolute atomic E-state index is 0.194. The van der Waals surface area contributed by atoms with Gasteiger partial charge in [-0.15, -0.1) is 5.10 Å². The van der Waals surface area contributed by atoms with Crippen molar-refractivity contribution in [3.63, 3.8) is 0 Å². The highest BCUT2D eigenvalue weighted by Gasteiger charge is 2.17. The molecule has 0 aliphatic carbocycles. The van der Waals surface area contributed by atoms with Crippen LogP contribution in [0, 0.1) is 0 Å². The molecule has 96 valence electrons. The lowest BCUT2D eigenvalue weighted by Gasteiger charge is -2.10. The van der Waals surface area contributed by atoms with Crippen molar-refractivity contribution >= 4 is 5.69 Å². The monoisotopic (exact) mass is 255 g/mol. The zero-order valence-electron chi connectivity index (χ0n) is 9.55. The van der Waals surface area contributed by atoms with Crippen LogP contribution in [-0.4, -0.2) is 33.7 Å². The summed E-state index contributed by atoms with van der Waals surface area (Å²) < 4.78 is 30.9. The van der Waals surface area contributed by atoms with Gasteiger partial charge < -0.3 is 10.5 Å². The van der Waals surface area contributed by atoms with Gasteiger partial charge in [0.1, 0.15) is 6.54 Å². The number of nitrogens with two attached hydrogens (primary N) is 1. The highest BCUT2D eigenvalue weighted by Crippen LogP contribution is 2.33. The predicted octanol–water partition coefficient (Wildman–Crippen LogP) is 1.20. The molecule has 0 fully saturated rings. The number of aromatic nitrogens is 4. The Kier molecular flexibility index (Phi) is 3.35. The molecule has 0 aliphatic heterocycles. The molecule has 0 amide bonds. The molecule has 2 N–H and O–H groups in total. The zero-order chi connectivity index (χ0) is 13.1. The summed E-state index contributed by atoms with van der Waals surface area (Å²) in [4.78, 5) is 0. The van der Waals surface area contributed by atoms with Crippen molar-refractivity contribution in [1.29, 1.82) is 0 Å². The number of tetrazole rings is 1. The van der Waals surface area contributed by atoms with Gasteiger partial charge in [0, 0.05) is 0 Å². The number of ether oxygens (including phenoxy) is 1. The fraction of sp³-hybridized carbons (Fsp3) is 0.300. The smallest absolute Gasteiger partial charge is 0.258 e. The van der Waals surface area contributed by atoms with Crippen LogP contribution in [0.4, 0.5) is 14.5 Å². The van der Waals surface area contributed by atoms with E-state index < -0.39 is 13.0 Å². The van der Waals surface area contributed by atoms with Crippen molar-refractivity contribution < 1.29 is 13.5 Å². The van der Waals surface area contributed by atoms with Crippen LogP contribution in [0.3, 0.4) is 0 Å². The van der Waals surface area contributed by atoms with Crippen LogP contribution < -0.4 is 10.5 Å². The van der Waals surface area contributed by atoms with Crippen molar-refractivity contribution in [2.24, 2.45) is 0 Å². The maximum atomic E-state index is 12.4. The Hall–Kier alpha value is -2.25. The van der Waals surface area contributed by atoms with E-state index in [1.165, 1.54) is 7.11 Å². The number of hydrogen-bond donors (Lipinski definition) is 1. The highest BCUT2D eigenvalue weighted by molar-refractivity contribution is 5.73. The average molecular weight is 255 g/mol. The van der Waals surface area contributed by atoms with E-state index in [0.29, 0.717) is 17.0 Å². The number of para-hydroxylation sites is 1. The number of rotatable bonds is 4. The van der Waals surface area contributed by atoms with Gasteiger partial charge in [-0.2, -0.15) is 0 Å². The summed E-state index contributed by atoms with van der Waals surface area (Å²) in [5.41, 5.74) is 6.60. The minimum Gasteiger partial charge on any atom is -0.494 e. The summed E-state index contributed by atoms with van der Waals surface area (Å²) >= 11 is 0. The Morgan fingerprint density at radius 1 is 1.44 bits per heavy atom. The van der Waals surface area contributed by atoms with E-state index in [9.17, 15) is 8.78 Å². The molecular weight excluding hydrogens is 244 g/mol. The SMILES string of the molecule is COc1c(N)cccc1-c1nnnn1CC(F)F. The van der Waals surface area contributed by atoms with Gasteiger partial charge in [0.15, 0.2) is 11.6 Å². The normalized spacial score (nSPS) is 10.9. The molecule has 8 heteroatoms. The van der Waals surface area contributed by atoms with E-state index in [1.807, 2.05) is 0 Å². The number of benzene rings is 1. The first-order valence-electron chi connectivity index (χ1n) is 5.10. The molecule has 2 aromatic rings. The molecule has 2 rings (SSSR count). The highest BCUT2D eigenvalue weighted by atomic mass is 19.3. The van der Waals surface area contributed by atoms with Gasteiger partial charge in [-0.25, -0.2) is 13.5 Å². The fourth-order valence-corrected chi connectivity index (χ4v) is 1.61. The largest absolute Gasteiger partial charge is 0.494 e. The quantitative estimate of drug-likeness (QED) is 0.830. The molecule has 0 saturated heterocycles. The van der Waals surface area contributed by atoms with Crippen LogP contribution in [0.2, 0.25) is 0 Å². The van der Waals surface area contributed by atoms with E-state index in [2.05, 4.69) is 15.5 Å². The van der Waals surface area contributed by atoms with E-state index >= 15 is 0 Å². The molecule has 0 atom stereocenters. The van der Waals surface area contributed by atoms with Crippen LogP contribution in [0.1, 0.15) is 0 Å². The van der Waals surface area contributed by atoms with Crippen molar-refractivity contribution in [1.82, 2.24) is 20.2 Å². The summed E-state index contributed by atoms with van der Waals surface area (Å²) in [5, 5.41) is 10.6. The number of hydrogen-bond acceptors (Lipinski definition) is 5. The van der Waals surface area contributed by atoms with Crippen LogP contribution in [0.5, 0.6) is 5.75 Å². The summed E-state index contributed by atoms with van der Waals surface area (Å²) in [5.74, 6) is 0.558. The molecule has 0 saturated carbocycles. The molecule has 18 heavy (non-hydrogen) atoms. The maximum absolute atomic E-state index is 12.4. The van der Waals surface area contributed by atoms with E-state index in [4.69, 9.17) is 10.5 Å². The van der Waals surface area contributed by atoms with E-state index in [-0.39, 0.29) is 5.82 Å². The molecule has 6 nitrogen and oxygen atoms in total. The van der Waals surface area contributed by atoms with Gasteiger partial charge in [-0.1, -0.05) is 6.07 Å². The van der Waals surface area contributed by atoms with Gasteiger partial charge in [-0.05, 0) is 22.6 Å². The predicted molar refractivity (Wildman–Crippen MR) is 60.2 cm³/mol. The van der Waals surface area contributed by atoms with Gasteiger partial charge in [0.05, 0.1) is 18.4 Å². The van der Waals surface area contributed by atoms with Gasteiger partial charge in [-0.3, -0.25) is 0 Å². The summed E-state index contributed by atoms with van der Waals surface area (Å²) in [7, 11) is 1.44. The first-order valence-corrected chi connectivity index (χ1v) is 5.10. The molecule has 0 bridgehead atoms. The van der Waals surface area contributed by atoms with Crippen LogP contribution in [-0.2, 0) is 6.54 Å². The van der Waals surface area contributed by atoms with Crippen molar-refractivity contribution in [3.8, 4) is 17.1 Å². The molecule has 0 spiro atoms. The second-order valence-electron chi connectivity index (χ2n) is 3.50. The summed E-state index contributed by atoms with van der Waals surface area (Å²) in [6.45, 7) is -0.583. The molecule has 0 radical (unpaired) electrons. The molecule has 0 unspecified atom stereocenters. The van der Waals surface area contributed by atoms with Crippen LogP contribution in [0.25, 0.3) is 11.4 Å². The van der Waals surface area contributed by atoms with Crippen molar-refractivity contribution in [3.05, 3.63) is 18.2 Å². The molecule has 1 aromatic heterocycles. The molecular formula is C10H11F2N5O. The molecule has 1 aromatic carbocycles. The van der Waals surface area contributed by atoms with Crippen molar-refractivity contribution in [2.75, 3.05) is 12.8 Å². The molecule has 0 aliphatic rings. The first kappa shape index (κ1) is 12.2. The third kappa shape index (κ3) is 2.22. The molecule has 1 heterocycles. The number of halogens is 2. The first-order chi connectivity index (χ1) is 8.63. The number of nitrogen functional groups attached to an aromatic ring is 1. The topological polar surface area (TPSA) is 78.8 Å². The number of methoxy groups -OCH3 is 1. The third-order valence-electron chi connectivity index (χ3n) is 2.33. The number of anilines is 1.